The number of carbonyl (C=O) groups is 1. The Bertz CT molecular complexity index is 1140. The van der Waals surface area contributed by atoms with E-state index in [-0.39, 0.29) is 6.61 Å². The van der Waals surface area contributed by atoms with Crippen molar-refractivity contribution in [1.82, 2.24) is 20.0 Å². The summed E-state index contributed by atoms with van der Waals surface area (Å²) in [7, 11) is 0. The second kappa shape index (κ2) is 8.57. The largest absolute Gasteiger partial charge is 0.462 e. The van der Waals surface area contributed by atoms with Gasteiger partial charge in [-0.05, 0) is 38.1 Å². The van der Waals surface area contributed by atoms with E-state index in [9.17, 15) is 4.79 Å². The van der Waals surface area contributed by atoms with Crippen LogP contribution in [-0.2, 0) is 4.74 Å². The third-order valence-corrected chi connectivity index (χ3v) is 4.52. The van der Waals surface area contributed by atoms with Gasteiger partial charge in [0, 0.05) is 5.56 Å². The minimum Gasteiger partial charge on any atom is -0.462 e. The van der Waals surface area contributed by atoms with Crippen LogP contribution in [0.2, 0.25) is 0 Å². The van der Waals surface area contributed by atoms with E-state index in [1.165, 1.54) is 11.8 Å². The summed E-state index contributed by atoms with van der Waals surface area (Å²) >= 11 is 0. The molecule has 0 unspecified atom stereocenters. The van der Waals surface area contributed by atoms with Gasteiger partial charge in [0.05, 0.1) is 24.2 Å². The molecule has 0 fully saturated rings. The number of carbonyl (C=O) groups excluding carboxylic acids is 1. The van der Waals surface area contributed by atoms with Crippen LogP contribution in [0, 0.1) is 6.92 Å². The highest BCUT2D eigenvalue weighted by Crippen LogP contribution is 2.25. The summed E-state index contributed by atoms with van der Waals surface area (Å²) in [5.41, 5.74) is 4.07. The Morgan fingerprint density at radius 1 is 1.00 bits per heavy atom. The fourth-order valence-electron chi connectivity index (χ4n) is 2.99. The lowest BCUT2D eigenvalue weighted by Crippen LogP contribution is -2.10. The first-order valence-electron chi connectivity index (χ1n) is 9.64. The van der Waals surface area contributed by atoms with Crippen LogP contribution in [0.1, 0.15) is 22.8 Å². The first kappa shape index (κ1) is 19.3. The highest BCUT2D eigenvalue weighted by atomic mass is 16.5. The summed E-state index contributed by atoms with van der Waals surface area (Å²) in [5.74, 6) is 0.512. The molecule has 0 radical (unpaired) electrons. The number of aryl methyl sites for hydroxylation is 1. The molecule has 0 spiro atoms. The van der Waals surface area contributed by atoms with Crippen molar-refractivity contribution >= 4 is 17.6 Å². The number of benzene rings is 2. The molecule has 7 heteroatoms. The lowest BCUT2D eigenvalue weighted by Gasteiger charge is -2.11. The van der Waals surface area contributed by atoms with E-state index in [4.69, 9.17) is 4.74 Å². The van der Waals surface area contributed by atoms with E-state index in [0.717, 1.165) is 16.9 Å². The predicted molar refractivity (Wildman–Crippen MR) is 115 cm³/mol. The Kier molecular flexibility index (Phi) is 5.52. The van der Waals surface area contributed by atoms with Crippen LogP contribution in [0.5, 0.6) is 0 Å². The molecule has 0 aliphatic carbocycles. The second-order valence-electron chi connectivity index (χ2n) is 6.67. The van der Waals surface area contributed by atoms with E-state index in [1.807, 2.05) is 73.7 Å². The third kappa shape index (κ3) is 4.05. The topological polar surface area (TPSA) is 81.9 Å². The predicted octanol–water partition coefficient (Wildman–Crippen LogP) is 4.56. The minimum atomic E-state index is -0.452. The first-order valence-corrected chi connectivity index (χ1v) is 9.64. The Hall–Kier alpha value is -4.00. The fraction of sp³-hybridized carbons (Fsp3) is 0.130. The normalized spacial score (nSPS) is 10.6. The maximum Gasteiger partial charge on any atom is 0.343 e. The SMILES string of the molecule is CCOC(=O)c1cnn(-c2ccccc2)c1Nc1ccc(-c2ccc(C)cc2)nn1. The van der Waals surface area contributed by atoms with Crippen LogP contribution in [0.15, 0.2) is 72.9 Å². The second-order valence-corrected chi connectivity index (χ2v) is 6.67. The maximum atomic E-state index is 12.4. The molecule has 0 atom stereocenters. The van der Waals surface area contributed by atoms with Gasteiger partial charge in [-0.15, -0.1) is 10.2 Å². The van der Waals surface area contributed by atoms with Crippen LogP contribution in [0.25, 0.3) is 16.9 Å². The van der Waals surface area contributed by atoms with Crippen LogP contribution < -0.4 is 5.32 Å². The summed E-state index contributed by atoms with van der Waals surface area (Å²) in [4.78, 5) is 12.4. The average Bonchev–Trinajstić information content (AvgIpc) is 3.19. The number of esters is 1. The zero-order valence-electron chi connectivity index (χ0n) is 16.7. The third-order valence-electron chi connectivity index (χ3n) is 4.52. The number of nitrogens with one attached hydrogen (secondary N) is 1. The van der Waals surface area contributed by atoms with Crippen LogP contribution in [0.4, 0.5) is 11.6 Å². The number of anilines is 2. The van der Waals surface area contributed by atoms with Gasteiger partial charge in [-0.2, -0.15) is 5.10 Å². The molecule has 0 amide bonds. The molecule has 0 aliphatic heterocycles. The molecule has 4 rings (SSSR count). The first-order chi connectivity index (χ1) is 14.7. The number of nitrogens with zero attached hydrogens (tertiary/aromatic N) is 4. The van der Waals surface area contributed by atoms with Crippen molar-refractivity contribution < 1.29 is 9.53 Å². The van der Waals surface area contributed by atoms with Crippen molar-refractivity contribution in [3.05, 3.63) is 84.1 Å². The number of aromatic nitrogens is 4. The zero-order chi connectivity index (χ0) is 20.9. The molecule has 0 saturated heterocycles. The van der Waals surface area contributed by atoms with Gasteiger partial charge >= 0.3 is 5.97 Å². The number of para-hydroxylation sites is 1. The number of ether oxygens (including phenoxy) is 1. The van der Waals surface area contributed by atoms with E-state index in [1.54, 1.807) is 11.6 Å². The van der Waals surface area contributed by atoms with Crippen LogP contribution in [0.3, 0.4) is 0 Å². The van der Waals surface area contributed by atoms with Gasteiger partial charge < -0.3 is 10.1 Å². The molecular formula is C23H21N5O2. The Morgan fingerprint density at radius 3 is 2.43 bits per heavy atom. The molecule has 7 nitrogen and oxygen atoms in total. The molecule has 4 aromatic rings. The quantitative estimate of drug-likeness (QED) is 0.479. The summed E-state index contributed by atoms with van der Waals surface area (Å²) in [6, 6.07) is 21.3. The van der Waals surface area contributed by atoms with Gasteiger partial charge in [0.1, 0.15) is 11.4 Å². The molecule has 150 valence electrons. The smallest absolute Gasteiger partial charge is 0.343 e. The molecule has 2 aromatic heterocycles. The van der Waals surface area contributed by atoms with E-state index >= 15 is 0 Å². The molecular weight excluding hydrogens is 378 g/mol. The highest BCUT2D eigenvalue weighted by Gasteiger charge is 2.20. The minimum absolute atomic E-state index is 0.278. The summed E-state index contributed by atoms with van der Waals surface area (Å²) in [6.45, 7) is 4.08. The van der Waals surface area contributed by atoms with E-state index in [0.29, 0.717) is 17.2 Å². The summed E-state index contributed by atoms with van der Waals surface area (Å²) in [5, 5.41) is 16.1. The van der Waals surface area contributed by atoms with Crippen molar-refractivity contribution in [2.24, 2.45) is 0 Å². The molecule has 2 heterocycles. The fourth-order valence-corrected chi connectivity index (χ4v) is 2.99. The van der Waals surface area contributed by atoms with Crippen LogP contribution >= 0.6 is 0 Å². The molecule has 0 saturated carbocycles. The number of hydrogen-bond acceptors (Lipinski definition) is 6. The monoisotopic (exact) mass is 399 g/mol. The summed E-state index contributed by atoms with van der Waals surface area (Å²) < 4.78 is 6.81. The van der Waals surface area contributed by atoms with Gasteiger partial charge in [0.2, 0.25) is 0 Å². The molecule has 30 heavy (non-hydrogen) atoms. The molecule has 0 aliphatic rings. The lowest BCUT2D eigenvalue weighted by molar-refractivity contribution is 0.0527. The van der Waals surface area contributed by atoms with Crippen molar-refractivity contribution in [2.45, 2.75) is 13.8 Å². The van der Waals surface area contributed by atoms with E-state index < -0.39 is 5.97 Å². The lowest BCUT2D eigenvalue weighted by atomic mass is 10.1. The average molecular weight is 399 g/mol. The van der Waals surface area contributed by atoms with Crippen molar-refractivity contribution in [3.63, 3.8) is 0 Å². The van der Waals surface area contributed by atoms with E-state index in [2.05, 4.69) is 20.6 Å². The molecule has 0 bridgehead atoms. The van der Waals surface area contributed by atoms with Gasteiger partial charge in [-0.3, -0.25) is 0 Å². The maximum absolute atomic E-state index is 12.4. The van der Waals surface area contributed by atoms with Crippen molar-refractivity contribution in [2.75, 3.05) is 11.9 Å². The standard InChI is InChI=1S/C23H21N5O2/c1-3-30-23(29)19-15-24-28(18-7-5-4-6-8-18)22(19)25-21-14-13-20(26-27-21)17-11-9-16(2)10-12-17/h4-15H,3H2,1-2H3,(H,25,27). The highest BCUT2D eigenvalue weighted by molar-refractivity contribution is 5.95. The van der Waals surface area contributed by atoms with Gasteiger partial charge in [-0.25, -0.2) is 9.48 Å². The molecule has 1 N–H and O–H groups in total. The number of hydrogen-bond donors (Lipinski definition) is 1. The Labute approximate surface area is 174 Å². The van der Waals surface area contributed by atoms with Gasteiger partial charge in [0.25, 0.3) is 0 Å². The molecule has 2 aromatic carbocycles. The van der Waals surface area contributed by atoms with Gasteiger partial charge in [0.15, 0.2) is 5.82 Å². The Morgan fingerprint density at radius 2 is 1.77 bits per heavy atom. The van der Waals surface area contributed by atoms with Crippen molar-refractivity contribution in [1.29, 1.82) is 0 Å². The zero-order valence-corrected chi connectivity index (χ0v) is 16.7. The van der Waals surface area contributed by atoms with Gasteiger partial charge in [-0.1, -0.05) is 48.0 Å². The Balaban J connectivity index is 1.66. The van der Waals surface area contributed by atoms with Crippen LogP contribution in [-0.4, -0.2) is 32.6 Å². The number of rotatable bonds is 6. The summed E-state index contributed by atoms with van der Waals surface area (Å²) in [6.07, 6.45) is 1.49. The van der Waals surface area contributed by atoms with Crippen molar-refractivity contribution in [3.8, 4) is 16.9 Å².